The van der Waals surface area contributed by atoms with Gasteiger partial charge < -0.3 is 20.7 Å². The standard InChI is InChI=1S/C9H14N4O3/c1-2-3-13(4-6(14)15)8-7(10)9(16)12-5-11-8/h5H,2-4,10H2,1H3,(H,14,15)(H,11,12,16). The number of hydrogen-bond acceptors (Lipinski definition) is 5. The van der Waals surface area contributed by atoms with E-state index in [2.05, 4.69) is 9.97 Å². The van der Waals surface area contributed by atoms with Gasteiger partial charge in [0.05, 0.1) is 6.33 Å². The maximum absolute atomic E-state index is 11.2. The van der Waals surface area contributed by atoms with Crippen molar-refractivity contribution in [1.82, 2.24) is 9.97 Å². The molecule has 1 heterocycles. The number of anilines is 2. The fraction of sp³-hybridized carbons (Fsp3) is 0.444. The van der Waals surface area contributed by atoms with Gasteiger partial charge in [0, 0.05) is 6.54 Å². The predicted molar refractivity (Wildman–Crippen MR) is 59.4 cm³/mol. The molecule has 16 heavy (non-hydrogen) atoms. The van der Waals surface area contributed by atoms with Gasteiger partial charge in [0.15, 0.2) is 5.82 Å². The van der Waals surface area contributed by atoms with E-state index < -0.39 is 11.5 Å². The maximum atomic E-state index is 11.2. The van der Waals surface area contributed by atoms with Gasteiger partial charge in [-0.05, 0) is 6.42 Å². The molecular formula is C9H14N4O3. The first-order chi connectivity index (χ1) is 7.56. The van der Waals surface area contributed by atoms with E-state index in [0.29, 0.717) is 6.54 Å². The zero-order valence-corrected chi connectivity index (χ0v) is 8.93. The molecule has 0 radical (unpaired) electrons. The van der Waals surface area contributed by atoms with Crippen LogP contribution in [0.25, 0.3) is 0 Å². The molecule has 7 nitrogen and oxygen atoms in total. The molecule has 7 heteroatoms. The number of carboxylic acid groups (broad SMARTS) is 1. The van der Waals surface area contributed by atoms with E-state index >= 15 is 0 Å². The second-order valence-electron chi connectivity index (χ2n) is 3.28. The first-order valence-electron chi connectivity index (χ1n) is 4.86. The normalized spacial score (nSPS) is 10.1. The van der Waals surface area contributed by atoms with E-state index in [1.807, 2.05) is 6.92 Å². The number of H-pyrrole nitrogens is 1. The molecule has 4 N–H and O–H groups in total. The van der Waals surface area contributed by atoms with Gasteiger partial charge in [-0.2, -0.15) is 0 Å². The molecule has 0 unspecified atom stereocenters. The molecular weight excluding hydrogens is 212 g/mol. The van der Waals surface area contributed by atoms with Crippen LogP contribution in [0.1, 0.15) is 13.3 Å². The van der Waals surface area contributed by atoms with Crippen LogP contribution in [0.4, 0.5) is 11.5 Å². The minimum atomic E-state index is -0.991. The van der Waals surface area contributed by atoms with Crippen molar-refractivity contribution in [2.24, 2.45) is 0 Å². The molecule has 1 aromatic rings. The van der Waals surface area contributed by atoms with Crippen LogP contribution < -0.4 is 16.2 Å². The van der Waals surface area contributed by atoms with Crippen LogP contribution in [0, 0.1) is 0 Å². The lowest BCUT2D eigenvalue weighted by Crippen LogP contribution is -2.33. The monoisotopic (exact) mass is 226 g/mol. The van der Waals surface area contributed by atoms with Crippen LogP contribution in [-0.2, 0) is 4.79 Å². The lowest BCUT2D eigenvalue weighted by atomic mass is 10.3. The van der Waals surface area contributed by atoms with Gasteiger partial charge >= 0.3 is 5.97 Å². The third-order valence-corrected chi connectivity index (χ3v) is 1.99. The maximum Gasteiger partial charge on any atom is 0.323 e. The fourth-order valence-electron chi connectivity index (χ4n) is 1.35. The van der Waals surface area contributed by atoms with Gasteiger partial charge in [0.2, 0.25) is 0 Å². The van der Waals surface area contributed by atoms with Gasteiger partial charge in [-0.25, -0.2) is 4.98 Å². The third-order valence-electron chi connectivity index (χ3n) is 1.99. The number of aromatic amines is 1. The van der Waals surface area contributed by atoms with E-state index in [1.54, 1.807) is 0 Å². The molecule has 88 valence electrons. The van der Waals surface area contributed by atoms with Crippen molar-refractivity contribution in [2.75, 3.05) is 23.7 Å². The number of nitrogens with one attached hydrogen (secondary N) is 1. The topological polar surface area (TPSA) is 112 Å². The summed E-state index contributed by atoms with van der Waals surface area (Å²) in [6.07, 6.45) is 1.94. The number of carboxylic acids is 1. The summed E-state index contributed by atoms with van der Waals surface area (Å²) in [6, 6.07) is 0. The van der Waals surface area contributed by atoms with Crippen molar-refractivity contribution in [3.05, 3.63) is 16.7 Å². The summed E-state index contributed by atoms with van der Waals surface area (Å²) in [7, 11) is 0. The van der Waals surface area contributed by atoms with E-state index in [1.165, 1.54) is 11.2 Å². The number of carbonyl (C=O) groups is 1. The highest BCUT2D eigenvalue weighted by atomic mass is 16.4. The van der Waals surface area contributed by atoms with Crippen molar-refractivity contribution >= 4 is 17.5 Å². The molecule has 0 amide bonds. The second kappa shape index (κ2) is 5.15. The first-order valence-corrected chi connectivity index (χ1v) is 4.86. The van der Waals surface area contributed by atoms with Crippen LogP contribution in [-0.4, -0.2) is 34.1 Å². The van der Waals surface area contributed by atoms with E-state index in [9.17, 15) is 9.59 Å². The number of nitrogens with two attached hydrogens (primary N) is 1. The first kappa shape index (κ1) is 12.0. The number of rotatable bonds is 5. The van der Waals surface area contributed by atoms with E-state index in [4.69, 9.17) is 10.8 Å². The average Bonchev–Trinajstić information content (AvgIpc) is 2.21. The number of aromatic nitrogens is 2. The Labute approximate surface area is 91.9 Å². The predicted octanol–water partition coefficient (Wildman–Crippen LogP) is -0.347. The molecule has 1 rings (SSSR count). The quantitative estimate of drug-likeness (QED) is 0.632. The van der Waals surface area contributed by atoms with Gasteiger partial charge in [0.1, 0.15) is 12.2 Å². The number of aliphatic carboxylic acids is 1. The van der Waals surface area contributed by atoms with Crippen LogP contribution in [0.15, 0.2) is 11.1 Å². The Bertz CT molecular complexity index is 429. The van der Waals surface area contributed by atoms with Crippen LogP contribution in [0.3, 0.4) is 0 Å². The summed E-state index contributed by atoms with van der Waals surface area (Å²) in [5.41, 5.74) is 5.03. The summed E-state index contributed by atoms with van der Waals surface area (Å²) >= 11 is 0. The minimum absolute atomic E-state index is 0.0581. The Morgan fingerprint density at radius 2 is 2.38 bits per heavy atom. The fourth-order valence-corrected chi connectivity index (χ4v) is 1.35. The molecule has 0 atom stereocenters. The minimum Gasteiger partial charge on any atom is -0.480 e. The van der Waals surface area contributed by atoms with Crippen LogP contribution >= 0.6 is 0 Å². The highest BCUT2D eigenvalue weighted by Crippen LogP contribution is 2.14. The van der Waals surface area contributed by atoms with Crippen molar-refractivity contribution in [3.8, 4) is 0 Å². The Balaban J connectivity index is 3.05. The smallest absolute Gasteiger partial charge is 0.323 e. The van der Waals surface area contributed by atoms with Crippen molar-refractivity contribution in [2.45, 2.75) is 13.3 Å². The van der Waals surface area contributed by atoms with Gasteiger partial charge in [-0.3, -0.25) is 9.59 Å². The largest absolute Gasteiger partial charge is 0.480 e. The lowest BCUT2D eigenvalue weighted by molar-refractivity contribution is -0.135. The van der Waals surface area contributed by atoms with Crippen molar-refractivity contribution in [3.63, 3.8) is 0 Å². The molecule has 0 saturated carbocycles. The average molecular weight is 226 g/mol. The summed E-state index contributed by atoms with van der Waals surface area (Å²) in [5, 5.41) is 8.74. The third kappa shape index (κ3) is 2.72. The summed E-state index contributed by atoms with van der Waals surface area (Å²) in [4.78, 5) is 29.6. The Hall–Kier alpha value is -2.05. The van der Waals surface area contributed by atoms with Crippen LogP contribution in [0.5, 0.6) is 0 Å². The second-order valence-corrected chi connectivity index (χ2v) is 3.28. The number of nitrogens with zero attached hydrogens (tertiary/aromatic N) is 2. The van der Waals surface area contributed by atoms with Crippen molar-refractivity contribution < 1.29 is 9.90 Å². The number of hydrogen-bond donors (Lipinski definition) is 3. The Kier molecular flexibility index (Phi) is 3.87. The molecule has 0 spiro atoms. The zero-order valence-electron chi connectivity index (χ0n) is 8.93. The molecule has 0 aliphatic rings. The summed E-state index contributed by atoms with van der Waals surface area (Å²) in [6.45, 7) is 2.15. The molecule has 0 aromatic carbocycles. The van der Waals surface area contributed by atoms with Gasteiger partial charge in [-0.1, -0.05) is 6.92 Å². The Morgan fingerprint density at radius 3 is 2.94 bits per heavy atom. The Morgan fingerprint density at radius 1 is 1.69 bits per heavy atom. The van der Waals surface area contributed by atoms with Gasteiger partial charge in [0.25, 0.3) is 5.56 Å². The molecule has 0 aliphatic carbocycles. The highest BCUT2D eigenvalue weighted by Gasteiger charge is 2.15. The number of nitrogen functional groups attached to an aromatic ring is 1. The van der Waals surface area contributed by atoms with Crippen molar-refractivity contribution in [1.29, 1.82) is 0 Å². The zero-order chi connectivity index (χ0) is 12.1. The molecule has 0 aliphatic heterocycles. The SMILES string of the molecule is CCCN(CC(=O)O)c1nc[nH]c(=O)c1N. The molecule has 0 saturated heterocycles. The molecule has 0 bridgehead atoms. The summed E-state index contributed by atoms with van der Waals surface area (Å²) < 4.78 is 0. The lowest BCUT2D eigenvalue weighted by Gasteiger charge is -2.21. The molecule has 1 aromatic heterocycles. The van der Waals surface area contributed by atoms with Gasteiger partial charge in [-0.15, -0.1) is 0 Å². The highest BCUT2D eigenvalue weighted by molar-refractivity contribution is 5.75. The van der Waals surface area contributed by atoms with Crippen LogP contribution in [0.2, 0.25) is 0 Å². The van der Waals surface area contributed by atoms with E-state index in [0.717, 1.165) is 6.42 Å². The summed E-state index contributed by atoms with van der Waals surface area (Å²) in [5.74, 6) is -0.775. The van der Waals surface area contributed by atoms with E-state index in [-0.39, 0.29) is 18.1 Å². The molecule has 0 fully saturated rings.